The van der Waals surface area contributed by atoms with Crippen molar-refractivity contribution in [2.45, 2.75) is 17.7 Å². The number of carbonyl (C=O) groups is 2. The van der Waals surface area contributed by atoms with Crippen LogP contribution in [0, 0.1) is 5.92 Å². The largest absolute Gasteiger partial charge is 0.465 e. The Morgan fingerprint density at radius 1 is 1.10 bits per heavy atom. The standard InChI is InChI=1S/C21H21N3O5S2/c1-29-20(26)15-6-2-5-9-18(15)31(27,28)24-12-10-14(11-13-24)19(25)23-21-22-16-7-3-4-8-17(16)30-21/h2-9,14H,10-13H2,1H3,(H,22,23,25). The summed E-state index contributed by atoms with van der Waals surface area (Å²) in [6.45, 7) is 0.380. The van der Waals surface area contributed by atoms with Crippen LogP contribution in [0.2, 0.25) is 0 Å². The molecule has 4 rings (SSSR count). The minimum Gasteiger partial charge on any atom is -0.465 e. The molecule has 0 atom stereocenters. The number of hydrogen-bond donors (Lipinski definition) is 1. The molecule has 10 heteroatoms. The number of nitrogens with one attached hydrogen (secondary N) is 1. The van der Waals surface area contributed by atoms with E-state index in [0.717, 1.165) is 10.2 Å². The lowest BCUT2D eigenvalue weighted by Crippen LogP contribution is -2.41. The lowest BCUT2D eigenvalue weighted by molar-refractivity contribution is -0.120. The van der Waals surface area contributed by atoms with E-state index in [1.807, 2.05) is 24.3 Å². The maximum Gasteiger partial charge on any atom is 0.339 e. The number of esters is 1. The number of ether oxygens (including phenoxy) is 1. The van der Waals surface area contributed by atoms with Crippen LogP contribution in [0.15, 0.2) is 53.4 Å². The van der Waals surface area contributed by atoms with Crippen molar-refractivity contribution in [2.24, 2.45) is 5.92 Å². The normalized spacial score (nSPS) is 15.6. The number of nitrogens with zero attached hydrogens (tertiary/aromatic N) is 2. The summed E-state index contributed by atoms with van der Waals surface area (Å²) >= 11 is 1.40. The van der Waals surface area contributed by atoms with Gasteiger partial charge in [-0.1, -0.05) is 35.6 Å². The first-order chi connectivity index (χ1) is 14.9. The Labute approximate surface area is 183 Å². The number of anilines is 1. The molecule has 2 heterocycles. The molecule has 162 valence electrons. The molecular weight excluding hydrogens is 438 g/mol. The van der Waals surface area contributed by atoms with Crippen molar-refractivity contribution in [1.82, 2.24) is 9.29 Å². The number of aromatic nitrogens is 1. The smallest absolute Gasteiger partial charge is 0.339 e. The fourth-order valence-electron chi connectivity index (χ4n) is 3.60. The Kier molecular flexibility index (Phi) is 6.03. The molecule has 0 spiro atoms. The monoisotopic (exact) mass is 459 g/mol. The number of fused-ring (bicyclic) bond motifs is 1. The van der Waals surface area contributed by atoms with Crippen molar-refractivity contribution >= 4 is 48.6 Å². The third kappa shape index (κ3) is 4.32. The molecule has 0 bridgehead atoms. The van der Waals surface area contributed by atoms with Crippen molar-refractivity contribution in [3.63, 3.8) is 0 Å². The first kappa shape index (κ1) is 21.4. The second kappa shape index (κ2) is 8.74. The highest BCUT2D eigenvalue weighted by Gasteiger charge is 2.34. The molecule has 1 fully saturated rings. The highest BCUT2D eigenvalue weighted by Crippen LogP contribution is 2.29. The fourth-order valence-corrected chi connectivity index (χ4v) is 6.12. The van der Waals surface area contributed by atoms with E-state index < -0.39 is 16.0 Å². The highest BCUT2D eigenvalue weighted by molar-refractivity contribution is 7.89. The number of carbonyl (C=O) groups excluding carboxylic acids is 2. The first-order valence-corrected chi connectivity index (χ1v) is 12.0. The third-order valence-electron chi connectivity index (χ3n) is 5.26. The second-order valence-corrected chi connectivity index (χ2v) is 10.1. The summed E-state index contributed by atoms with van der Waals surface area (Å²) in [6, 6.07) is 13.6. The third-order valence-corrected chi connectivity index (χ3v) is 8.17. The first-order valence-electron chi connectivity index (χ1n) is 9.74. The maximum absolute atomic E-state index is 13.1. The van der Waals surface area contributed by atoms with Crippen LogP contribution in [-0.2, 0) is 19.6 Å². The van der Waals surface area contributed by atoms with Gasteiger partial charge in [0.25, 0.3) is 0 Å². The number of thiazole rings is 1. The minimum absolute atomic E-state index is 0.000650. The van der Waals surface area contributed by atoms with Crippen molar-refractivity contribution in [2.75, 3.05) is 25.5 Å². The van der Waals surface area contributed by atoms with Gasteiger partial charge in [0.1, 0.15) is 0 Å². The highest BCUT2D eigenvalue weighted by atomic mass is 32.2. The van der Waals surface area contributed by atoms with Crippen LogP contribution in [0.5, 0.6) is 0 Å². The molecule has 3 aromatic rings. The lowest BCUT2D eigenvalue weighted by Gasteiger charge is -2.30. The van der Waals surface area contributed by atoms with Crippen LogP contribution in [0.3, 0.4) is 0 Å². The average Bonchev–Trinajstić information content (AvgIpc) is 3.21. The quantitative estimate of drug-likeness (QED) is 0.588. The van der Waals surface area contributed by atoms with Crippen molar-refractivity contribution in [3.8, 4) is 0 Å². The van der Waals surface area contributed by atoms with Crippen molar-refractivity contribution < 1.29 is 22.7 Å². The second-order valence-electron chi connectivity index (χ2n) is 7.14. The Morgan fingerprint density at radius 3 is 2.48 bits per heavy atom. The van der Waals surface area contributed by atoms with E-state index in [0.29, 0.717) is 18.0 Å². The number of sulfonamides is 1. The summed E-state index contributed by atoms with van der Waals surface area (Å²) in [7, 11) is -2.67. The topological polar surface area (TPSA) is 106 Å². The molecular formula is C21H21N3O5S2. The zero-order valence-electron chi connectivity index (χ0n) is 16.8. The van der Waals surface area contributed by atoms with Gasteiger partial charge >= 0.3 is 5.97 Å². The van der Waals surface area contributed by atoms with E-state index in [1.165, 1.54) is 34.9 Å². The number of methoxy groups -OCH3 is 1. The van der Waals surface area contributed by atoms with Gasteiger partial charge in [0.2, 0.25) is 15.9 Å². The van der Waals surface area contributed by atoms with E-state index >= 15 is 0 Å². The number of amides is 1. The van der Waals surface area contributed by atoms with Crippen molar-refractivity contribution in [1.29, 1.82) is 0 Å². The fraction of sp³-hybridized carbons (Fsp3) is 0.286. The Bertz CT molecular complexity index is 1200. The van der Waals surface area contributed by atoms with Crippen LogP contribution in [0.1, 0.15) is 23.2 Å². The molecule has 1 amide bonds. The summed E-state index contributed by atoms with van der Waals surface area (Å²) in [6.07, 6.45) is 0.771. The molecule has 0 unspecified atom stereocenters. The van der Waals surface area contributed by atoms with Crippen LogP contribution in [0.4, 0.5) is 5.13 Å². The molecule has 8 nitrogen and oxygen atoms in total. The molecule has 2 aromatic carbocycles. The SMILES string of the molecule is COC(=O)c1ccccc1S(=O)(=O)N1CCC(C(=O)Nc2nc3ccccc3s2)CC1. The van der Waals surface area contributed by atoms with E-state index in [-0.39, 0.29) is 35.4 Å². The molecule has 0 saturated carbocycles. The lowest BCUT2D eigenvalue weighted by atomic mass is 9.97. The Morgan fingerprint density at radius 2 is 1.77 bits per heavy atom. The molecule has 1 aromatic heterocycles. The summed E-state index contributed by atoms with van der Waals surface area (Å²) < 4.78 is 33.2. The van der Waals surface area contributed by atoms with E-state index in [2.05, 4.69) is 10.3 Å². The van der Waals surface area contributed by atoms with Crippen LogP contribution in [-0.4, -0.2) is 49.8 Å². The molecule has 0 radical (unpaired) electrons. The zero-order valence-corrected chi connectivity index (χ0v) is 18.4. The molecule has 1 N–H and O–H groups in total. The van der Waals surface area contributed by atoms with Gasteiger partial charge < -0.3 is 10.1 Å². The maximum atomic E-state index is 13.1. The zero-order chi connectivity index (χ0) is 22.0. The predicted octanol–water partition coefficient (Wildman–Crippen LogP) is 3.12. The average molecular weight is 460 g/mol. The van der Waals surface area contributed by atoms with E-state index in [4.69, 9.17) is 4.74 Å². The summed E-state index contributed by atoms with van der Waals surface area (Å²) in [5, 5.41) is 3.39. The van der Waals surface area contributed by atoms with Gasteiger partial charge in [0, 0.05) is 19.0 Å². The van der Waals surface area contributed by atoms with Gasteiger partial charge in [0.15, 0.2) is 5.13 Å². The van der Waals surface area contributed by atoms with Gasteiger partial charge in [-0.15, -0.1) is 0 Å². The number of benzene rings is 2. The minimum atomic E-state index is -3.88. The van der Waals surface area contributed by atoms with Crippen molar-refractivity contribution in [3.05, 3.63) is 54.1 Å². The van der Waals surface area contributed by atoms with E-state index in [1.54, 1.807) is 12.1 Å². The summed E-state index contributed by atoms with van der Waals surface area (Å²) in [4.78, 5) is 29.0. The van der Waals surface area contributed by atoms with Gasteiger partial charge in [-0.2, -0.15) is 4.31 Å². The van der Waals surface area contributed by atoms with Gasteiger partial charge in [-0.25, -0.2) is 18.2 Å². The summed E-state index contributed by atoms with van der Waals surface area (Å²) in [5.41, 5.74) is 0.827. The molecule has 0 aliphatic carbocycles. The van der Waals surface area contributed by atoms with Gasteiger partial charge in [0.05, 0.1) is 27.8 Å². The Hall–Kier alpha value is -2.82. The molecule has 1 saturated heterocycles. The van der Waals surface area contributed by atoms with Crippen LogP contribution < -0.4 is 5.32 Å². The van der Waals surface area contributed by atoms with E-state index in [9.17, 15) is 18.0 Å². The van der Waals surface area contributed by atoms with Crippen LogP contribution >= 0.6 is 11.3 Å². The molecule has 31 heavy (non-hydrogen) atoms. The van der Waals surface area contributed by atoms with Gasteiger partial charge in [-0.05, 0) is 37.1 Å². The van der Waals surface area contributed by atoms with Gasteiger partial charge in [-0.3, -0.25) is 4.79 Å². The molecule has 1 aliphatic rings. The summed E-state index contributed by atoms with van der Waals surface area (Å²) in [5.74, 6) is -1.18. The number of para-hydroxylation sites is 1. The Balaban J connectivity index is 1.43. The number of hydrogen-bond acceptors (Lipinski definition) is 7. The molecule has 1 aliphatic heterocycles. The predicted molar refractivity (Wildman–Crippen MR) is 118 cm³/mol. The number of piperidine rings is 1. The van der Waals surface area contributed by atoms with Crippen LogP contribution in [0.25, 0.3) is 10.2 Å². The number of rotatable bonds is 5.